The van der Waals surface area contributed by atoms with Crippen LogP contribution >= 0.6 is 11.8 Å². The smallest absolute Gasteiger partial charge is 0.235 e. The van der Waals surface area contributed by atoms with Crippen molar-refractivity contribution < 1.29 is 9.53 Å². The lowest BCUT2D eigenvalue weighted by molar-refractivity contribution is -0.130. The fourth-order valence-corrected chi connectivity index (χ4v) is 4.27. The van der Waals surface area contributed by atoms with Gasteiger partial charge in [-0.15, -0.1) is 11.8 Å². The number of methoxy groups -OCH3 is 1. The second kappa shape index (κ2) is 9.48. The molecule has 0 saturated carbocycles. The van der Waals surface area contributed by atoms with Crippen LogP contribution in [0.1, 0.15) is 38.2 Å². The molecule has 1 amide bonds. The molecule has 1 fully saturated rings. The van der Waals surface area contributed by atoms with Crippen molar-refractivity contribution >= 4 is 23.5 Å². The van der Waals surface area contributed by atoms with Gasteiger partial charge in [-0.1, -0.05) is 13.8 Å². The zero-order chi connectivity index (χ0) is 21.0. The quantitative estimate of drug-likeness (QED) is 0.671. The highest BCUT2D eigenvalue weighted by Crippen LogP contribution is 2.27. The Kier molecular flexibility index (Phi) is 7.00. The number of hydrogen-bond donors (Lipinski definition) is 0. The number of nitrogens with zero attached hydrogens (tertiary/aromatic N) is 4. The van der Waals surface area contributed by atoms with Gasteiger partial charge >= 0.3 is 0 Å². The van der Waals surface area contributed by atoms with Crippen LogP contribution in [-0.2, 0) is 4.79 Å². The summed E-state index contributed by atoms with van der Waals surface area (Å²) in [5.74, 6) is 3.15. The summed E-state index contributed by atoms with van der Waals surface area (Å²) in [5, 5.41) is -0.121. The van der Waals surface area contributed by atoms with Gasteiger partial charge in [0.25, 0.3) is 0 Å². The zero-order valence-electron chi connectivity index (χ0n) is 17.9. The van der Waals surface area contributed by atoms with Crippen molar-refractivity contribution in [3.63, 3.8) is 0 Å². The van der Waals surface area contributed by atoms with E-state index in [-0.39, 0.29) is 11.2 Å². The van der Waals surface area contributed by atoms with E-state index in [1.54, 1.807) is 18.9 Å². The maximum absolute atomic E-state index is 12.9. The van der Waals surface area contributed by atoms with Crippen LogP contribution in [0.5, 0.6) is 5.75 Å². The molecular formula is C22H30N4O2S. The van der Waals surface area contributed by atoms with Crippen molar-refractivity contribution in [1.82, 2.24) is 14.9 Å². The van der Waals surface area contributed by atoms with Crippen LogP contribution in [0.15, 0.2) is 35.2 Å². The lowest BCUT2D eigenvalue weighted by Gasteiger charge is -2.36. The van der Waals surface area contributed by atoms with Crippen LogP contribution in [0, 0.1) is 6.92 Å². The first-order chi connectivity index (χ1) is 13.9. The van der Waals surface area contributed by atoms with Crippen molar-refractivity contribution in [1.29, 1.82) is 0 Å². The van der Waals surface area contributed by atoms with Crippen LogP contribution in [0.4, 0.5) is 5.82 Å². The number of thioether (sulfide) groups is 1. The average Bonchev–Trinajstić information content (AvgIpc) is 2.73. The van der Waals surface area contributed by atoms with E-state index in [0.717, 1.165) is 41.1 Å². The number of anilines is 1. The van der Waals surface area contributed by atoms with Crippen LogP contribution in [-0.4, -0.2) is 59.3 Å². The molecule has 0 N–H and O–H groups in total. The molecule has 1 unspecified atom stereocenters. The molecule has 2 aromatic rings. The number of benzene rings is 1. The van der Waals surface area contributed by atoms with Gasteiger partial charge in [-0.2, -0.15) is 0 Å². The largest absolute Gasteiger partial charge is 0.497 e. The van der Waals surface area contributed by atoms with Gasteiger partial charge in [0.1, 0.15) is 17.4 Å². The van der Waals surface area contributed by atoms with Gasteiger partial charge in [0.2, 0.25) is 5.91 Å². The third-order valence-electron chi connectivity index (χ3n) is 5.01. The number of piperazine rings is 1. The number of aryl methyl sites for hydroxylation is 1. The van der Waals surface area contributed by atoms with Gasteiger partial charge in [0, 0.05) is 48.8 Å². The SMILES string of the molecule is COc1ccc(SC(C)C(=O)N2CCN(c3cc(C)nc(C(C)C)n3)CC2)cc1. The Hall–Kier alpha value is -2.28. The van der Waals surface area contributed by atoms with E-state index in [4.69, 9.17) is 9.72 Å². The van der Waals surface area contributed by atoms with E-state index in [2.05, 4.69) is 23.7 Å². The maximum atomic E-state index is 12.9. The number of amides is 1. The monoisotopic (exact) mass is 414 g/mol. The fourth-order valence-electron chi connectivity index (χ4n) is 3.32. The van der Waals surface area contributed by atoms with E-state index in [1.807, 2.05) is 49.1 Å². The molecule has 1 aliphatic heterocycles. The van der Waals surface area contributed by atoms with Crippen molar-refractivity contribution in [2.75, 3.05) is 38.2 Å². The molecule has 156 valence electrons. The molecule has 2 heterocycles. The van der Waals surface area contributed by atoms with Crippen molar-refractivity contribution in [3.05, 3.63) is 41.9 Å². The van der Waals surface area contributed by atoms with Gasteiger partial charge in [-0.05, 0) is 38.1 Å². The first-order valence-corrected chi connectivity index (χ1v) is 11.0. The second-order valence-electron chi connectivity index (χ2n) is 7.63. The van der Waals surface area contributed by atoms with E-state index in [9.17, 15) is 4.79 Å². The third-order valence-corrected chi connectivity index (χ3v) is 6.11. The summed E-state index contributed by atoms with van der Waals surface area (Å²) < 4.78 is 5.19. The van der Waals surface area contributed by atoms with Crippen LogP contribution in [0.2, 0.25) is 0 Å². The lowest BCUT2D eigenvalue weighted by atomic mass is 10.2. The van der Waals surface area contributed by atoms with Gasteiger partial charge < -0.3 is 14.5 Å². The predicted molar refractivity (Wildman–Crippen MR) is 118 cm³/mol. The van der Waals surface area contributed by atoms with E-state index in [1.165, 1.54) is 0 Å². The molecule has 29 heavy (non-hydrogen) atoms. The van der Waals surface area contributed by atoms with Crippen molar-refractivity contribution in [2.45, 2.75) is 43.8 Å². The van der Waals surface area contributed by atoms with E-state index >= 15 is 0 Å². The summed E-state index contributed by atoms with van der Waals surface area (Å²) in [4.78, 5) is 27.5. The number of ether oxygens (including phenoxy) is 1. The molecule has 3 rings (SSSR count). The molecule has 7 heteroatoms. The summed E-state index contributed by atoms with van der Waals surface area (Å²) in [6.45, 7) is 11.2. The average molecular weight is 415 g/mol. The lowest BCUT2D eigenvalue weighted by Crippen LogP contribution is -2.51. The minimum atomic E-state index is -0.121. The molecule has 1 atom stereocenters. The molecule has 0 bridgehead atoms. The summed E-state index contributed by atoms with van der Waals surface area (Å²) in [5.41, 5.74) is 0.988. The maximum Gasteiger partial charge on any atom is 0.235 e. The Morgan fingerprint density at radius 2 is 1.72 bits per heavy atom. The topological polar surface area (TPSA) is 58.6 Å². The van der Waals surface area contributed by atoms with Gasteiger partial charge in [0.15, 0.2) is 0 Å². The van der Waals surface area contributed by atoms with Gasteiger partial charge in [-0.25, -0.2) is 9.97 Å². The van der Waals surface area contributed by atoms with Crippen molar-refractivity contribution in [2.24, 2.45) is 0 Å². The minimum Gasteiger partial charge on any atom is -0.497 e. The molecule has 0 spiro atoms. The number of carbonyl (C=O) groups is 1. The number of aromatic nitrogens is 2. The minimum absolute atomic E-state index is 0.121. The first-order valence-electron chi connectivity index (χ1n) is 10.1. The second-order valence-corrected chi connectivity index (χ2v) is 9.04. The molecule has 0 radical (unpaired) electrons. The molecule has 1 saturated heterocycles. The first kappa shape index (κ1) is 21.4. The van der Waals surface area contributed by atoms with Crippen LogP contribution in [0.3, 0.4) is 0 Å². The van der Waals surface area contributed by atoms with Crippen molar-refractivity contribution in [3.8, 4) is 5.75 Å². The molecule has 0 aliphatic carbocycles. The Balaban J connectivity index is 1.57. The van der Waals surface area contributed by atoms with E-state index < -0.39 is 0 Å². The summed E-state index contributed by atoms with van der Waals surface area (Å²) >= 11 is 1.59. The Morgan fingerprint density at radius 1 is 1.07 bits per heavy atom. The number of hydrogen-bond acceptors (Lipinski definition) is 6. The van der Waals surface area contributed by atoms with Gasteiger partial charge in [-0.3, -0.25) is 4.79 Å². The summed E-state index contributed by atoms with van der Waals surface area (Å²) in [6.07, 6.45) is 0. The summed E-state index contributed by atoms with van der Waals surface area (Å²) in [6, 6.07) is 9.87. The Bertz CT molecular complexity index is 833. The molecule has 1 aromatic heterocycles. The normalized spacial score (nSPS) is 15.5. The zero-order valence-corrected chi connectivity index (χ0v) is 18.7. The van der Waals surface area contributed by atoms with E-state index in [0.29, 0.717) is 19.0 Å². The van der Waals surface area contributed by atoms with Crippen LogP contribution < -0.4 is 9.64 Å². The molecule has 1 aliphatic rings. The highest BCUT2D eigenvalue weighted by Gasteiger charge is 2.26. The molecular weight excluding hydrogens is 384 g/mol. The third kappa shape index (κ3) is 5.41. The molecule has 6 nitrogen and oxygen atoms in total. The Morgan fingerprint density at radius 3 is 2.31 bits per heavy atom. The summed E-state index contributed by atoms with van der Waals surface area (Å²) in [7, 11) is 1.65. The van der Waals surface area contributed by atoms with Crippen LogP contribution in [0.25, 0.3) is 0 Å². The highest BCUT2D eigenvalue weighted by atomic mass is 32.2. The predicted octanol–water partition coefficient (Wildman–Crippen LogP) is 3.75. The number of carbonyl (C=O) groups excluding carboxylic acids is 1. The Labute approximate surface area is 177 Å². The van der Waals surface area contributed by atoms with Gasteiger partial charge in [0.05, 0.1) is 12.4 Å². The molecule has 1 aromatic carbocycles. The highest BCUT2D eigenvalue weighted by molar-refractivity contribution is 8.00. The number of rotatable bonds is 6. The fraction of sp³-hybridized carbons (Fsp3) is 0.500. The standard InChI is InChI=1S/C22H30N4O2S/c1-15(2)21-23-16(3)14-20(24-21)25-10-12-26(13-11-25)22(27)17(4)29-19-8-6-18(28-5)7-9-19/h6-9,14-15,17H,10-13H2,1-5H3.